The molecule has 2 amide bonds. The maximum absolute atomic E-state index is 12.8. The van der Waals surface area contributed by atoms with E-state index in [2.05, 4.69) is 5.32 Å². The number of ketones is 1. The molecule has 9 nitrogen and oxygen atoms in total. The molecule has 2 fully saturated rings. The summed E-state index contributed by atoms with van der Waals surface area (Å²) in [7, 11) is 0. The zero-order valence-corrected chi connectivity index (χ0v) is 15.4. The van der Waals surface area contributed by atoms with Crippen molar-refractivity contribution in [3.8, 4) is 0 Å². The van der Waals surface area contributed by atoms with Crippen LogP contribution in [0.2, 0.25) is 0 Å². The monoisotopic (exact) mass is 355 g/mol. The minimum Gasteiger partial charge on any atom is -0.479 e. The number of carboxylic acid groups (broad SMARTS) is 1. The first-order chi connectivity index (χ1) is 11.2. The third-order valence-corrected chi connectivity index (χ3v) is 4.32. The Morgan fingerprint density at radius 3 is 2.20 bits per heavy atom. The second-order valence-corrected chi connectivity index (χ2v) is 8.38. The first-order valence-corrected chi connectivity index (χ1v) is 8.07. The van der Waals surface area contributed by atoms with E-state index in [1.165, 1.54) is 5.01 Å². The molecular weight excluding hydrogens is 330 g/mol. The number of nitrogens with zero attached hydrogens (tertiary/aromatic N) is 2. The molecule has 140 valence electrons. The van der Waals surface area contributed by atoms with E-state index >= 15 is 0 Å². The van der Waals surface area contributed by atoms with Crippen molar-refractivity contribution in [3.05, 3.63) is 0 Å². The highest BCUT2D eigenvalue weighted by Gasteiger charge is 2.69. The second kappa shape index (κ2) is 5.69. The lowest BCUT2D eigenvalue weighted by atomic mass is 9.71. The molecule has 0 aromatic rings. The Labute approximate surface area is 146 Å². The summed E-state index contributed by atoms with van der Waals surface area (Å²) in [4.78, 5) is 49.3. The Morgan fingerprint density at radius 1 is 1.20 bits per heavy atom. The molecule has 0 aliphatic carbocycles. The Balaban J connectivity index is 2.30. The van der Waals surface area contributed by atoms with Crippen LogP contribution in [0.3, 0.4) is 0 Å². The van der Waals surface area contributed by atoms with E-state index in [1.54, 1.807) is 41.5 Å². The molecule has 25 heavy (non-hydrogen) atoms. The van der Waals surface area contributed by atoms with Crippen molar-refractivity contribution in [1.29, 1.82) is 0 Å². The Morgan fingerprint density at radius 2 is 1.76 bits per heavy atom. The van der Waals surface area contributed by atoms with Crippen molar-refractivity contribution < 1.29 is 29.0 Å². The normalized spacial score (nSPS) is 27.4. The number of rotatable bonds is 2. The molecule has 0 spiro atoms. The van der Waals surface area contributed by atoms with Crippen molar-refractivity contribution in [1.82, 2.24) is 15.3 Å². The highest BCUT2D eigenvalue weighted by molar-refractivity contribution is 6.14. The van der Waals surface area contributed by atoms with E-state index < -0.39 is 46.3 Å². The van der Waals surface area contributed by atoms with Crippen LogP contribution in [0.5, 0.6) is 0 Å². The smallest absolute Gasteiger partial charge is 0.408 e. The molecule has 0 radical (unpaired) electrons. The van der Waals surface area contributed by atoms with Crippen molar-refractivity contribution >= 4 is 23.8 Å². The lowest BCUT2D eigenvalue weighted by Crippen LogP contribution is -2.65. The number of aliphatic carboxylic acids is 1. The number of hydrogen-bond donors (Lipinski definition) is 2. The fourth-order valence-corrected chi connectivity index (χ4v) is 3.39. The third-order valence-electron chi connectivity index (χ3n) is 4.32. The highest BCUT2D eigenvalue weighted by atomic mass is 16.6. The number of fused-ring (bicyclic) bond motifs is 1. The predicted molar refractivity (Wildman–Crippen MR) is 86.4 cm³/mol. The van der Waals surface area contributed by atoms with Gasteiger partial charge in [0.05, 0.1) is 6.54 Å². The van der Waals surface area contributed by atoms with Crippen LogP contribution in [0.25, 0.3) is 0 Å². The van der Waals surface area contributed by atoms with Crippen molar-refractivity contribution in [2.45, 2.75) is 58.7 Å². The molecule has 0 aromatic carbocycles. The molecule has 0 bridgehead atoms. The van der Waals surface area contributed by atoms with Crippen LogP contribution >= 0.6 is 0 Å². The van der Waals surface area contributed by atoms with Gasteiger partial charge in [0.15, 0.2) is 5.78 Å². The average molecular weight is 355 g/mol. The number of carboxylic acids is 1. The number of hydrazine groups is 1. The summed E-state index contributed by atoms with van der Waals surface area (Å²) in [6.45, 7) is 9.71. The van der Waals surface area contributed by atoms with Crippen molar-refractivity contribution in [3.63, 3.8) is 0 Å². The van der Waals surface area contributed by atoms with Gasteiger partial charge in [0, 0.05) is 12.0 Å². The lowest BCUT2D eigenvalue weighted by molar-refractivity contribution is -0.176. The van der Waals surface area contributed by atoms with Gasteiger partial charge in [0.1, 0.15) is 11.6 Å². The molecule has 2 saturated heterocycles. The van der Waals surface area contributed by atoms with Crippen LogP contribution in [0.15, 0.2) is 0 Å². The number of nitrogens with one attached hydrogen (secondary N) is 1. The van der Waals surface area contributed by atoms with E-state index in [0.717, 1.165) is 5.01 Å². The minimum absolute atomic E-state index is 0.0227. The number of carbonyl (C=O) groups is 4. The van der Waals surface area contributed by atoms with E-state index in [4.69, 9.17) is 4.74 Å². The minimum atomic E-state index is -1.99. The summed E-state index contributed by atoms with van der Waals surface area (Å²) in [6.07, 6.45) is -0.767. The van der Waals surface area contributed by atoms with Crippen LogP contribution in [0.1, 0.15) is 41.5 Å². The van der Waals surface area contributed by atoms with Gasteiger partial charge in [-0.2, -0.15) is 0 Å². The Kier molecular flexibility index (Phi) is 4.36. The van der Waals surface area contributed by atoms with Gasteiger partial charge in [0.2, 0.25) is 5.54 Å². The van der Waals surface area contributed by atoms with E-state index in [9.17, 15) is 24.3 Å². The molecule has 1 unspecified atom stereocenters. The molecule has 2 rings (SSSR count). The lowest BCUT2D eigenvalue weighted by Gasteiger charge is -2.42. The fraction of sp³-hybridized carbons (Fsp3) is 0.750. The van der Waals surface area contributed by atoms with Crippen LogP contribution in [-0.2, 0) is 19.1 Å². The maximum Gasteiger partial charge on any atom is 0.408 e. The van der Waals surface area contributed by atoms with Gasteiger partial charge in [0.25, 0.3) is 5.91 Å². The number of Topliss-reactive ketones (excluding diaryl/α,β-unsaturated/α-hetero) is 1. The number of amides is 2. The molecular formula is C16H25N3O6. The summed E-state index contributed by atoms with van der Waals surface area (Å²) in [5.41, 5.74) is -3.75. The molecule has 2 aliphatic rings. The fourth-order valence-electron chi connectivity index (χ4n) is 3.39. The number of hydrogen-bond acceptors (Lipinski definition) is 6. The molecule has 9 heteroatoms. The summed E-state index contributed by atoms with van der Waals surface area (Å²) < 4.78 is 5.14. The van der Waals surface area contributed by atoms with Crippen LogP contribution in [-0.4, -0.2) is 69.1 Å². The first kappa shape index (κ1) is 19.2. The standard InChI is InChI=1S/C16H25N3O6/c1-14(2,3)16(12(22)23)10(20)8-18-7-9(11(21)19(16)18)17-13(24)25-15(4,5)6/h9H,7-8H2,1-6H3,(H,17,24)(H,22,23)/t9-,16?/m0/s1. The zero-order chi connectivity index (χ0) is 19.4. The van der Waals surface area contributed by atoms with Gasteiger partial charge in [-0.15, -0.1) is 0 Å². The highest BCUT2D eigenvalue weighted by Crippen LogP contribution is 2.44. The van der Waals surface area contributed by atoms with Crippen LogP contribution in [0, 0.1) is 5.41 Å². The summed E-state index contributed by atoms with van der Waals surface area (Å²) in [5, 5.41) is 14.6. The number of alkyl carbamates (subject to hydrolysis) is 1. The maximum atomic E-state index is 12.8. The molecule has 0 saturated carbocycles. The topological polar surface area (TPSA) is 116 Å². The quantitative estimate of drug-likeness (QED) is 0.688. The van der Waals surface area contributed by atoms with Crippen molar-refractivity contribution in [2.75, 3.05) is 13.1 Å². The van der Waals surface area contributed by atoms with E-state index in [-0.39, 0.29) is 13.1 Å². The second-order valence-electron chi connectivity index (χ2n) is 8.38. The zero-order valence-electron chi connectivity index (χ0n) is 15.4. The predicted octanol–water partition coefficient (Wildman–Crippen LogP) is 0.391. The van der Waals surface area contributed by atoms with Gasteiger partial charge in [-0.25, -0.2) is 19.6 Å². The molecule has 2 N–H and O–H groups in total. The van der Waals surface area contributed by atoms with Crippen molar-refractivity contribution in [2.24, 2.45) is 5.41 Å². The molecule has 2 atom stereocenters. The van der Waals surface area contributed by atoms with Gasteiger partial charge < -0.3 is 15.2 Å². The average Bonchev–Trinajstić information content (AvgIpc) is 2.81. The number of carbonyl (C=O) groups excluding carboxylic acids is 3. The molecule has 0 aromatic heterocycles. The first-order valence-electron chi connectivity index (χ1n) is 8.07. The number of ether oxygens (including phenoxy) is 1. The van der Waals surface area contributed by atoms with Crippen LogP contribution in [0.4, 0.5) is 4.79 Å². The molecule has 2 heterocycles. The van der Waals surface area contributed by atoms with Gasteiger partial charge in [-0.1, -0.05) is 20.8 Å². The van der Waals surface area contributed by atoms with Gasteiger partial charge in [-0.05, 0) is 20.8 Å². The summed E-state index contributed by atoms with van der Waals surface area (Å²) >= 11 is 0. The SMILES string of the molecule is CC(C)(C)OC(=O)N[C@H]1CN2CC(=O)C(C(=O)O)(C(C)(C)C)N2C1=O. The molecule has 2 aliphatic heterocycles. The summed E-state index contributed by atoms with van der Waals surface area (Å²) in [5.74, 6) is -2.55. The van der Waals surface area contributed by atoms with E-state index in [0.29, 0.717) is 0 Å². The largest absolute Gasteiger partial charge is 0.479 e. The Bertz CT molecular complexity index is 633. The Hall–Kier alpha value is -2.16. The third kappa shape index (κ3) is 2.97. The van der Waals surface area contributed by atoms with Crippen LogP contribution < -0.4 is 5.32 Å². The van der Waals surface area contributed by atoms with Gasteiger partial charge >= 0.3 is 12.1 Å². The summed E-state index contributed by atoms with van der Waals surface area (Å²) in [6, 6.07) is -0.968. The van der Waals surface area contributed by atoms with Gasteiger partial charge in [-0.3, -0.25) is 9.59 Å². The van der Waals surface area contributed by atoms with E-state index in [1.807, 2.05) is 0 Å².